The minimum atomic E-state index is -4.75. The first-order valence-electron chi connectivity index (χ1n) is 4.53. The van der Waals surface area contributed by atoms with Gasteiger partial charge in [0.2, 0.25) is 0 Å². The molecule has 0 heterocycles. The molecule has 0 aliphatic heterocycles. The van der Waals surface area contributed by atoms with Gasteiger partial charge in [-0.3, -0.25) is 0 Å². The van der Waals surface area contributed by atoms with Crippen molar-refractivity contribution in [2.45, 2.75) is 12.3 Å². The SMILES string of the molecule is N#Cc1ccc(NCC(O)C(F)(F)F)c(F)c1. The molecular formula is C10H8F4N2O. The van der Waals surface area contributed by atoms with Crippen LogP contribution < -0.4 is 5.32 Å². The molecule has 0 radical (unpaired) electrons. The van der Waals surface area contributed by atoms with E-state index in [9.17, 15) is 17.6 Å². The van der Waals surface area contributed by atoms with Gasteiger partial charge in [0.05, 0.1) is 17.3 Å². The van der Waals surface area contributed by atoms with Gasteiger partial charge in [-0.1, -0.05) is 0 Å². The van der Waals surface area contributed by atoms with Gasteiger partial charge >= 0.3 is 6.18 Å². The summed E-state index contributed by atoms with van der Waals surface area (Å²) in [5.74, 6) is -0.849. The standard InChI is InChI=1S/C10H8F4N2O/c11-7-3-6(4-15)1-2-8(7)16-5-9(17)10(12,13)14/h1-3,9,16-17H,5H2. The molecule has 7 heteroatoms. The lowest BCUT2D eigenvalue weighted by atomic mass is 10.2. The number of rotatable bonds is 3. The summed E-state index contributed by atoms with van der Waals surface area (Å²) < 4.78 is 49.0. The summed E-state index contributed by atoms with van der Waals surface area (Å²) in [4.78, 5) is 0. The molecule has 0 aromatic heterocycles. The van der Waals surface area contributed by atoms with E-state index in [2.05, 4.69) is 5.32 Å². The Morgan fingerprint density at radius 3 is 2.53 bits per heavy atom. The Bertz CT molecular complexity index is 439. The molecule has 17 heavy (non-hydrogen) atoms. The summed E-state index contributed by atoms with van der Waals surface area (Å²) in [6.45, 7) is -0.855. The van der Waals surface area contributed by atoms with E-state index in [0.717, 1.165) is 12.1 Å². The molecule has 1 unspecified atom stereocenters. The first kappa shape index (κ1) is 13.3. The lowest BCUT2D eigenvalue weighted by Gasteiger charge is -2.16. The molecule has 1 atom stereocenters. The summed E-state index contributed by atoms with van der Waals surface area (Å²) in [5.41, 5.74) is -0.142. The minimum absolute atomic E-state index is 0.0596. The smallest absolute Gasteiger partial charge is 0.382 e. The van der Waals surface area contributed by atoms with Crippen LogP contribution >= 0.6 is 0 Å². The molecule has 1 rings (SSSR count). The second-order valence-electron chi connectivity index (χ2n) is 3.24. The molecule has 0 fully saturated rings. The van der Waals surface area contributed by atoms with Crippen LogP contribution in [0.1, 0.15) is 5.56 Å². The zero-order chi connectivity index (χ0) is 13.1. The number of hydrogen-bond donors (Lipinski definition) is 2. The number of halogens is 4. The molecule has 0 aliphatic carbocycles. The van der Waals surface area contributed by atoms with E-state index in [1.165, 1.54) is 6.07 Å². The van der Waals surface area contributed by atoms with Crippen molar-refractivity contribution >= 4 is 5.69 Å². The van der Waals surface area contributed by atoms with Crippen LogP contribution in [0.4, 0.5) is 23.2 Å². The van der Waals surface area contributed by atoms with E-state index >= 15 is 0 Å². The molecule has 0 spiro atoms. The Balaban J connectivity index is 2.68. The van der Waals surface area contributed by atoms with Gasteiger partial charge in [0.15, 0.2) is 6.10 Å². The third kappa shape index (κ3) is 3.60. The number of nitrogens with zero attached hydrogens (tertiary/aromatic N) is 1. The molecule has 0 amide bonds. The summed E-state index contributed by atoms with van der Waals surface area (Å²) in [7, 11) is 0. The Morgan fingerprint density at radius 1 is 1.41 bits per heavy atom. The molecule has 0 saturated heterocycles. The van der Waals surface area contributed by atoms with Gasteiger partial charge in [0.25, 0.3) is 0 Å². The predicted molar refractivity (Wildman–Crippen MR) is 51.7 cm³/mol. The van der Waals surface area contributed by atoms with Gasteiger partial charge in [-0.2, -0.15) is 18.4 Å². The highest BCUT2D eigenvalue weighted by atomic mass is 19.4. The average molecular weight is 248 g/mol. The molecule has 1 aromatic rings. The first-order valence-corrected chi connectivity index (χ1v) is 4.53. The van der Waals surface area contributed by atoms with Gasteiger partial charge in [-0.25, -0.2) is 4.39 Å². The highest BCUT2D eigenvalue weighted by Crippen LogP contribution is 2.21. The maximum absolute atomic E-state index is 13.2. The normalized spacial score (nSPS) is 12.9. The summed E-state index contributed by atoms with van der Waals surface area (Å²) in [6.07, 6.45) is -7.33. The van der Waals surface area contributed by atoms with Gasteiger partial charge in [0.1, 0.15) is 5.82 Å². The average Bonchev–Trinajstić information content (AvgIpc) is 2.25. The fourth-order valence-electron chi connectivity index (χ4n) is 1.05. The predicted octanol–water partition coefficient (Wildman–Crippen LogP) is 2.03. The molecule has 2 N–H and O–H groups in total. The molecule has 0 aliphatic rings. The van der Waals surface area contributed by atoms with Crippen molar-refractivity contribution in [2.75, 3.05) is 11.9 Å². The van der Waals surface area contributed by atoms with Crippen molar-refractivity contribution in [3.05, 3.63) is 29.6 Å². The summed E-state index contributed by atoms with van der Waals surface area (Å²) in [5, 5.41) is 19.2. The van der Waals surface area contributed by atoms with Crippen LogP contribution in [-0.4, -0.2) is 23.9 Å². The first-order chi connectivity index (χ1) is 7.84. The van der Waals surface area contributed by atoms with Crippen molar-refractivity contribution in [2.24, 2.45) is 0 Å². The third-order valence-corrected chi connectivity index (χ3v) is 1.96. The van der Waals surface area contributed by atoms with Gasteiger partial charge in [-0.05, 0) is 18.2 Å². The Morgan fingerprint density at radius 2 is 2.06 bits per heavy atom. The summed E-state index contributed by atoms with van der Waals surface area (Å²) in [6, 6.07) is 4.97. The number of nitriles is 1. The number of aliphatic hydroxyl groups excluding tert-OH is 1. The van der Waals surface area contributed by atoms with Crippen LogP contribution in [0.15, 0.2) is 18.2 Å². The minimum Gasteiger partial charge on any atom is -0.382 e. The van der Waals surface area contributed by atoms with Gasteiger partial charge in [0, 0.05) is 6.54 Å². The highest BCUT2D eigenvalue weighted by molar-refractivity contribution is 5.48. The van der Waals surface area contributed by atoms with Crippen molar-refractivity contribution in [3.8, 4) is 6.07 Å². The second-order valence-corrected chi connectivity index (χ2v) is 3.24. The number of alkyl halides is 3. The molecule has 92 valence electrons. The van der Waals surface area contributed by atoms with Crippen LogP contribution in [0.25, 0.3) is 0 Å². The molecular weight excluding hydrogens is 240 g/mol. The molecule has 0 bridgehead atoms. The van der Waals surface area contributed by atoms with E-state index in [1.807, 2.05) is 0 Å². The van der Waals surface area contributed by atoms with Crippen molar-refractivity contribution in [1.82, 2.24) is 0 Å². The molecule has 3 nitrogen and oxygen atoms in total. The van der Waals surface area contributed by atoms with Crippen LogP contribution in [0.5, 0.6) is 0 Å². The quantitative estimate of drug-likeness (QED) is 0.805. The van der Waals surface area contributed by atoms with E-state index in [1.54, 1.807) is 6.07 Å². The Kier molecular flexibility index (Phi) is 3.91. The van der Waals surface area contributed by atoms with Gasteiger partial charge < -0.3 is 10.4 Å². The Hall–Kier alpha value is -1.81. The zero-order valence-corrected chi connectivity index (χ0v) is 8.42. The van der Waals surface area contributed by atoms with Crippen LogP contribution in [0.3, 0.4) is 0 Å². The second kappa shape index (κ2) is 5.01. The topological polar surface area (TPSA) is 56.0 Å². The van der Waals surface area contributed by atoms with E-state index in [-0.39, 0.29) is 11.3 Å². The fourth-order valence-corrected chi connectivity index (χ4v) is 1.05. The van der Waals surface area contributed by atoms with Crippen molar-refractivity contribution in [3.63, 3.8) is 0 Å². The van der Waals surface area contributed by atoms with Crippen LogP contribution in [0, 0.1) is 17.1 Å². The molecule has 0 saturated carbocycles. The fraction of sp³-hybridized carbons (Fsp3) is 0.300. The maximum Gasteiger partial charge on any atom is 0.416 e. The number of benzene rings is 1. The van der Waals surface area contributed by atoms with Crippen LogP contribution in [0.2, 0.25) is 0 Å². The third-order valence-electron chi connectivity index (χ3n) is 1.96. The van der Waals surface area contributed by atoms with E-state index < -0.39 is 24.6 Å². The largest absolute Gasteiger partial charge is 0.416 e. The van der Waals surface area contributed by atoms with E-state index in [0.29, 0.717) is 0 Å². The monoisotopic (exact) mass is 248 g/mol. The van der Waals surface area contributed by atoms with Crippen LogP contribution in [-0.2, 0) is 0 Å². The summed E-state index contributed by atoms with van der Waals surface area (Å²) >= 11 is 0. The number of anilines is 1. The zero-order valence-electron chi connectivity index (χ0n) is 8.42. The lowest BCUT2D eigenvalue weighted by Crippen LogP contribution is -2.35. The van der Waals surface area contributed by atoms with Crippen molar-refractivity contribution in [1.29, 1.82) is 5.26 Å². The number of nitrogens with one attached hydrogen (secondary N) is 1. The number of aliphatic hydroxyl groups is 1. The Labute approximate surface area is 94.3 Å². The highest BCUT2D eigenvalue weighted by Gasteiger charge is 2.37. The van der Waals surface area contributed by atoms with Crippen molar-refractivity contribution < 1.29 is 22.7 Å². The van der Waals surface area contributed by atoms with Gasteiger partial charge in [-0.15, -0.1) is 0 Å². The van der Waals surface area contributed by atoms with E-state index in [4.69, 9.17) is 10.4 Å². The maximum atomic E-state index is 13.2. The molecule has 1 aromatic carbocycles. The number of hydrogen-bond acceptors (Lipinski definition) is 3. The lowest BCUT2D eigenvalue weighted by molar-refractivity contribution is -0.198.